The van der Waals surface area contributed by atoms with Gasteiger partial charge in [-0.3, -0.25) is 4.79 Å². The number of ether oxygens (including phenoxy) is 1. The molecule has 0 fully saturated rings. The summed E-state index contributed by atoms with van der Waals surface area (Å²) in [4.78, 5) is 17.0. The van der Waals surface area contributed by atoms with Gasteiger partial charge in [-0.25, -0.2) is 9.37 Å². The third kappa shape index (κ3) is 5.41. The van der Waals surface area contributed by atoms with E-state index >= 15 is 0 Å². The van der Waals surface area contributed by atoms with E-state index in [0.29, 0.717) is 18.7 Å². The number of nitrogens with one attached hydrogen (secondary N) is 1. The number of carbonyl (C=O) groups excluding carboxylic acids is 1. The quantitative estimate of drug-likeness (QED) is 0.567. The number of carbonyl (C=O) groups is 1. The second kappa shape index (κ2) is 9.18. The monoisotopic (exact) mass is 412 g/mol. The fraction of sp³-hybridized carbons (Fsp3) is 0.304. The van der Waals surface area contributed by atoms with Crippen LogP contribution in [0.15, 0.2) is 53.9 Å². The first-order valence-electron chi connectivity index (χ1n) is 9.58. The number of thiazole rings is 1. The predicted octanol–water partition coefficient (Wildman–Crippen LogP) is 4.98. The van der Waals surface area contributed by atoms with Gasteiger partial charge in [0, 0.05) is 22.9 Å². The minimum absolute atomic E-state index is 0.127. The van der Waals surface area contributed by atoms with E-state index in [0.717, 1.165) is 22.0 Å². The molecule has 1 heterocycles. The van der Waals surface area contributed by atoms with E-state index in [9.17, 15) is 9.18 Å². The molecule has 2 aromatic carbocycles. The first-order valence-corrected chi connectivity index (χ1v) is 10.5. The maximum absolute atomic E-state index is 14.1. The van der Waals surface area contributed by atoms with Gasteiger partial charge in [0.1, 0.15) is 16.6 Å². The molecule has 0 aliphatic heterocycles. The van der Waals surface area contributed by atoms with Gasteiger partial charge in [-0.2, -0.15) is 0 Å². The van der Waals surface area contributed by atoms with Crippen molar-refractivity contribution in [2.24, 2.45) is 0 Å². The Kier molecular flexibility index (Phi) is 6.64. The van der Waals surface area contributed by atoms with Crippen LogP contribution >= 0.6 is 11.3 Å². The second-order valence-electron chi connectivity index (χ2n) is 7.42. The molecular weight excluding hydrogens is 387 g/mol. The lowest BCUT2D eigenvalue weighted by molar-refractivity contribution is -0.120. The van der Waals surface area contributed by atoms with E-state index in [1.54, 1.807) is 18.2 Å². The van der Waals surface area contributed by atoms with Crippen molar-refractivity contribution in [2.75, 3.05) is 13.2 Å². The smallest absolute Gasteiger partial charge is 0.226 e. The van der Waals surface area contributed by atoms with Crippen LogP contribution in [-0.4, -0.2) is 24.0 Å². The first-order chi connectivity index (χ1) is 13.9. The number of hydrogen-bond acceptors (Lipinski definition) is 4. The van der Waals surface area contributed by atoms with Crippen molar-refractivity contribution in [1.29, 1.82) is 0 Å². The highest BCUT2D eigenvalue weighted by Crippen LogP contribution is 2.27. The zero-order valence-corrected chi connectivity index (χ0v) is 17.7. The maximum atomic E-state index is 14.1. The van der Waals surface area contributed by atoms with Crippen LogP contribution in [0, 0.1) is 5.82 Å². The summed E-state index contributed by atoms with van der Waals surface area (Å²) in [6.07, 6.45) is 0.195. The molecule has 6 heteroatoms. The molecule has 1 aromatic heterocycles. The summed E-state index contributed by atoms with van der Waals surface area (Å²) in [6.45, 7) is 6.76. The molecule has 0 aliphatic rings. The Hall–Kier alpha value is -2.73. The van der Waals surface area contributed by atoms with Crippen molar-refractivity contribution in [1.82, 2.24) is 10.3 Å². The van der Waals surface area contributed by atoms with Crippen LogP contribution in [0.4, 0.5) is 4.39 Å². The molecule has 3 rings (SSSR count). The largest absolute Gasteiger partial charge is 0.494 e. The maximum Gasteiger partial charge on any atom is 0.226 e. The van der Waals surface area contributed by atoms with Gasteiger partial charge < -0.3 is 10.1 Å². The van der Waals surface area contributed by atoms with Gasteiger partial charge in [0.15, 0.2) is 0 Å². The fourth-order valence-electron chi connectivity index (χ4n) is 3.03. The van der Waals surface area contributed by atoms with Crippen molar-refractivity contribution in [3.63, 3.8) is 0 Å². The van der Waals surface area contributed by atoms with Crippen LogP contribution in [0.3, 0.4) is 0 Å². The van der Waals surface area contributed by atoms with Crippen molar-refractivity contribution >= 4 is 17.2 Å². The Balaban J connectivity index is 1.58. The van der Waals surface area contributed by atoms with Gasteiger partial charge in [-0.05, 0) is 42.8 Å². The average molecular weight is 413 g/mol. The summed E-state index contributed by atoms with van der Waals surface area (Å²) in [5.41, 5.74) is 1.80. The number of benzene rings is 2. The van der Waals surface area contributed by atoms with Crippen molar-refractivity contribution in [3.05, 3.63) is 71.0 Å². The van der Waals surface area contributed by atoms with E-state index in [2.05, 4.69) is 10.3 Å². The molecule has 0 bridgehead atoms. The third-order valence-electron chi connectivity index (χ3n) is 4.64. The summed E-state index contributed by atoms with van der Waals surface area (Å²) < 4.78 is 19.5. The van der Waals surface area contributed by atoms with Gasteiger partial charge in [0.25, 0.3) is 0 Å². The topological polar surface area (TPSA) is 51.2 Å². The lowest BCUT2D eigenvalue weighted by atomic mass is 9.84. The molecule has 0 saturated heterocycles. The lowest BCUT2D eigenvalue weighted by Gasteiger charge is -2.26. The van der Waals surface area contributed by atoms with Crippen LogP contribution in [0.25, 0.3) is 10.6 Å². The minimum Gasteiger partial charge on any atom is -0.494 e. The highest BCUT2D eigenvalue weighted by molar-refractivity contribution is 7.13. The molecule has 4 nitrogen and oxygen atoms in total. The summed E-state index contributed by atoms with van der Waals surface area (Å²) in [5, 5.41) is 5.67. The minimum atomic E-state index is -0.503. The van der Waals surface area contributed by atoms with Crippen molar-refractivity contribution in [3.8, 4) is 16.3 Å². The number of hydrogen-bond donors (Lipinski definition) is 1. The van der Waals surface area contributed by atoms with E-state index in [-0.39, 0.29) is 18.1 Å². The van der Waals surface area contributed by atoms with Gasteiger partial charge in [0.05, 0.1) is 18.7 Å². The van der Waals surface area contributed by atoms with Gasteiger partial charge >= 0.3 is 0 Å². The summed E-state index contributed by atoms with van der Waals surface area (Å²) in [7, 11) is 0. The highest BCUT2D eigenvalue weighted by Gasteiger charge is 2.24. The van der Waals surface area contributed by atoms with Crippen LogP contribution < -0.4 is 10.1 Å². The first kappa shape index (κ1) is 21.0. The van der Waals surface area contributed by atoms with Gasteiger partial charge in [-0.1, -0.05) is 32.0 Å². The number of nitrogens with zero attached hydrogens (tertiary/aromatic N) is 1. The zero-order chi connectivity index (χ0) is 20.9. The van der Waals surface area contributed by atoms with Gasteiger partial charge in [-0.15, -0.1) is 11.3 Å². The van der Waals surface area contributed by atoms with Crippen LogP contribution in [-0.2, 0) is 16.6 Å². The van der Waals surface area contributed by atoms with E-state index in [4.69, 9.17) is 4.74 Å². The summed E-state index contributed by atoms with van der Waals surface area (Å²) in [6, 6.07) is 14.4. The molecule has 0 atom stereocenters. The normalized spacial score (nSPS) is 11.3. The van der Waals surface area contributed by atoms with Crippen LogP contribution in [0.1, 0.15) is 32.0 Å². The lowest BCUT2D eigenvalue weighted by Crippen LogP contribution is -2.38. The van der Waals surface area contributed by atoms with Crippen LogP contribution in [0.5, 0.6) is 5.75 Å². The molecule has 0 aliphatic carbocycles. The SMILES string of the molecule is CCOc1ccc(-c2nc(CC(=O)NCC(C)(C)c3ccccc3F)cs2)cc1. The molecule has 3 aromatic rings. The van der Waals surface area contributed by atoms with E-state index in [1.165, 1.54) is 17.4 Å². The highest BCUT2D eigenvalue weighted by atomic mass is 32.1. The standard InChI is InChI=1S/C23H25FN2O2S/c1-4-28-18-11-9-16(10-12-18)22-26-17(14-29-22)13-21(27)25-15-23(2,3)19-7-5-6-8-20(19)24/h5-12,14H,4,13,15H2,1-3H3,(H,25,27). The summed E-state index contributed by atoms with van der Waals surface area (Å²) in [5.74, 6) is 0.439. The number of rotatable bonds is 8. The van der Waals surface area contributed by atoms with Crippen molar-refractivity contribution < 1.29 is 13.9 Å². The van der Waals surface area contributed by atoms with E-state index < -0.39 is 5.41 Å². The molecule has 0 saturated carbocycles. The molecule has 0 unspecified atom stereocenters. The van der Waals surface area contributed by atoms with Gasteiger partial charge in [0.2, 0.25) is 5.91 Å². The second-order valence-corrected chi connectivity index (χ2v) is 8.28. The Labute approximate surface area is 174 Å². The number of amides is 1. The molecule has 1 N–H and O–H groups in total. The molecule has 0 radical (unpaired) electrons. The molecule has 0 spiro atoms. The Morgan fingerprint density at radius 3 is 2.59 bits per heavy atom. The molecular formula is C23H25FN2O2S. The zero-order valence-electron chi connectivity index (χ0n) is 16.9. The van der Waals surface area contributed by atoms with E-state index in [1.807, 2.05) is 50.4 Å². The Bertz CT molecular complexity index is 967. The predicted molar refractivity (Wildman–Crippen MR) is 115 cm³/mol. The molecule has 1 amide bonds. The molecule has 152 valence electrons. The molecule has 29 heavy (non-hydrogen) atoms. The summed E-state index contributed by atoms with van der Waals surface area (Å²) >= 11 is 1.50. The average Bonchev–Trinajstić information content (AvgIpc) is 3.16. The Morgan fingerprint density at radius 1 is 1.17 bits per heavy atom. The van der Waals surface area contributed by atoms with Crippen molar-refractivity contribution in [2.45, 2.75) is 32.6 Å². The number of aromatic nitrogens is 1. The Morgan fingerprint density at radius 2 is 1.90 bits per heavy atom. The third-order valence-corrected chi connectivity index (χ3v) is 5.58. The van der Waals surface area contributed by atoms with Crippen LogP contribution in [0.2, 0.25) is 0 Å². The number of halogens is 1. The fourth-order valence-corrected chi connectivity index (χ4v) is 3.86.